The molecule has 3 rings (SSSR count). The number of nitrogens with zero attached hydrogens (tertiary/aromatic N) is 4. The third-order valence-electron chi connectivity index (χ3n) is 4.34. The molecule has 1 N–H and O–H groups in total. The topological polar surface area (TPSA) is 98.1 Å². The average Bonchev–Trinajstić information content (AvgIpc) is 2.95. The van der Waals surface area contributed by atoms with Crippen LogP contribution in [0.15, 0.2) is 24.7 Å². The monoisotopic (exact) mass is 347 g/mol. The fourth-order valence-electron chi connectivity index (χ4n) is 2.91. The second kappa shape index (κ2) is 7.16. The molecule has 3 heterocycles. The number of aromatic nitrogens is 3. The Morgan fingerprint density at radius 2 is 2.32 bits per heavy atom. The summed E-state index contributed by atoms with van der Waals surface area (Å²) in [4.78, 5) is 30.7. The van der Waals surface area contributed by atoms with Gasteiger partial charge in [0.25, 0.3) is 5.91 Å². The Hall–Kier alpha value is -2.52. The van der Waals surface area contributed by atoms with Crippen molar-refractivity contribution in [1.29, 1.82) is 0 Å². The molecule has 25 heavy (non-hydrogen) atoms. The number of hydrogen-bond donors (Lipinski definition) is 1. The van der Waals surface area contributed by atoms with Crippen molar-refractivity contribution in [3.63, 3.8) is 0 Å². The first-order valence-corrected chi connectivity index (χ1v) is 8.00. The maximum atomic E-state index is 13.0. The molecular weight excluding hydrogens is 326 g/mol. The molecule has 0 bridgehead atoms. The lowest BCUT2D eigenvalue weighted by Crippen LogP contribution is -2.50. The third kappa shape index (κ3) is 3.47. The van der Waals surface area contributed by atoms with Crippen molar-refractivity contribution in [2.45, 2.75) is 12.0 Å². The van der Waals surface area contributed by atoms with Crippen LogP contribution < -0.4 is 5.32 Å². The summed E-state index contributed by atoms with van der Waals surface area (Å²) < 4.78 is 12.7. The van der Waals surface area contributed by atoms with E-state index in [9.17, 15) is 9.59 Å². The number of hydrogen-bond acceptors (Lipinski definition) is 6. The van der Waals surface area contributed by atoms with E-state index in [1.54, 1.807) is 34.9 Å². The van der Waals surface area contributed by atoms with Gasteiger partial charge in [-0.05, 0) is 6.07 Å². The molecule has 1 aliphatic rings. The fourth-order valence-corrected chi connectivity index (χ4v) is 2.91. The third-order valence-corrected chi connectivity index (χ3v) is 4.34. The minimum absolute atomic E-state index is 0.108. The molecule has 9 nitrogen and oxygen atoms in total. The molecule has 9 heteroatoms. The molecule has 0 radical (unpaired) electrons. The predicted octanol–water partition coefficient (Wildman–Crippen LogP) is -0.277. The van der Waals surface area contributed by atoms with Crippen LogP contribution in [0.1, 0.15) is 16.8 Å². The quantitative estimate of drug-likeness (QED) is 0.817. The highest BCUT2D eigenvalue weighted by Crippen LogP contribution is 2.22. The van der Waals surface area contributed by atoms with Gasteiger partial charge in [0.2, 0.25) is 5.91 Å². The standard InChI is InChI=1S/C16H21N5O4/c1-17-13(22)8-16(24-2)10-20(6-7-25-11-16)15(23)12-9-19-21-5-3-4-18-14(12)21/h3-5,9H,6-8,10-11H2,1-2H3,(H,17,22). The number of methoxy groups -OCH3 is 1. The van der Waals surface area contributed by atoms with Gasteiger partial charge >= 0.3 is 0 Å². The highest BCUT2D eigenvalue weighted by atomic mass is 16.5. The molecule has 2 aromatic rings. The van der Waals surface area contributed by atoms with Gasteiger partial charge in [-0.15, -0.1) is 0 Å². The van der Waals surface area contributed by atoms with Crippen LogP contribution in [0.4, 0.5) is 0 Å². The van der Waals surface area contributed by atoms with Crippen molar-refractivity contribution in [2.75, 3.05) is 40.5 Å². The van der Waals surface area contributed by atoms with Gasteiger partial charge < -0.3 is 19.7 Å². The largest absolute Gasteiger partial charge is 0.377 e. The lowest BCUT2D eigenvalue weighted by molar-refractivity contribution is -0.131. The molecule has 0 aliphatic carbocycles. The van der Waals surface area contributed by atoms with Gasteiger partial charge in [0.05, 0.1) is 32.4 Å². The van der Waals surface area contributed by atoms with Crippen LogP contribution in [-0.4, -0.2) is 77.4 Å². The van der Waals surface area contributed by atoms with Gasteiger partial charge in [-0.3, -0.25) is 9.59 Å². The van der Waals surface area contributed by atoms with Gasteiger partial charge in [0.15, 0.2) is 5.65 Å². The number of ether oxygens (including phenoxy) is 2. The Kier molecular flexibility index (Phi) is 4.95. The second-order valence-electron chi connectivity index (χ2n) is 5.96. The second-order valence-corrected chi connectivity index (χ2v) is 5.96. The zero-order valence-electron chi connectivity index (χ0n) is 14.3. The first kappa shape index (κ1) is 17.3. The van der Waals surface area contributed by atoms with E-state index in [0.717, 1.165) is 0 Å². The molecule has 2 aromatic heterocycles. The molecule has 0 saturated carbocycles. The Morgan fingerprint density at radius 1 is 1.48 bits per heavy atom. The molecule has 1 saturated heterocycles. The Bertz CT molecular complexity index is 777. The van der Waals surface area contributed by atoms with Crippen molar-refractivity contribution in [3.8, 4) is 0 Å². The number of amides is 2. The number of carbonyl (C=O) groups excluding carboxylic acids is 2. The first-order chi connectivity index (χ1) is 12.1. The normalized spacial score (nSPS) is 21.1. The van der Waals surface area contributed by atoms with E-state index >= 15 is 0 Å². The summed E-state index contributed by atoms with van der Waals surface area (Å²) in [6, 6.07) is 1.74. The minimum atomic E-state index is -0.886. The highest BCUT2D eigenvalue weighted by molar-refractivity contribution is 5.99. The maximum absolute atomic E-state index is 13.0. The Balaban J connectivity index is 1.87. The molecule has 1 aliphatic heterocycles. The summed E-state index contributed by atoms with van der Waals surface area (Å²) in [5, 5.41) is 6.74. The molecule has 0 spiro atoms. The zero-order chi connectivity index (χ0) is 17.9. The van der Waals surface area contributed by atoms with Gasteiger partial charge in [0, 0.05) is 33.1 Å². The number of nitrogens with one attached hydrogen (secondary N) is 1. The fraction of sp³-hybridized carbons (Fsp3) is 0.500. The van der Waals surface area contributed by atoms with Gasteiger partial charge in [-0.25, -0.2) is 9.50 Å². The van der Waals surface area contributed by atoms with Crippen LogP contribution in [0.2, 0.25) is 0 Å². The van der Waals surface area contributed by atoms with E-state index in [0.29, 0.717) is 24.4 Å². The predicted molar refractivity (Wildman–Crippen MR) is 88.1 cm³/mol. The summed E-state index contributed by atoms with van der Waals surface area (Å²) in [6.45, 7) is 1.27. The molecule has 2 amide bonds. The lowest BCUT2D eigenvalue weighted by atomic mass is 9.99. The van der Waals surface area contributed by atoms with E-state index in [2.05, 4.69) is 15.4 Å². The van der Waals surface area contributed by atoms with Crippen LogP contribution in [-0.2, 0) is 14.3 Å². The molecule has 134 valence electrons. The molecular formula is C16H21N5O4. The molecule has 0 aromatic carbocycles. The van der Waals surface area contributed by atoms with Crippen LogP contribution in [0.3, 0.4) is 0 Å². The Morgan fingerprint density at radius 3 is 3.08 bits per heavy atom. The van der Waals surface area contributed by atoms with E-state index in [-0.39, 0.29) is 31.4 Å². The van der Waals surface area contributed by atoms with Crippen LogP contribution in [0.25, 0.3) is 5.65 Å². The van der Waals surface area contributed by atoms with E-state index in [1.165, 1.54) is 13.3 Å². The summed E-state index contributed by atoms with van der Waals surface area (Å²) in [5.74, 6) is -0.380. The van der Waals surface area contributed by atoms with Crippen LogP contribution >= 0.6 is 0 Å². The number of carbonyl (C=O) groups is 2. The molecule has 1 atom stereocenters. The molecule has 1 fully saturated rings. The first-order valence-electron chi connectivity index (χ1n) is 8.00. The summed E-state index contributed by atoms with van der Waals surface area (Å²) >= 11 is 0. The number of rotatable bonds is 4. The van der Waals surface area contributed by atoms with Crippen molar-refractivity contribution in [1.82, 2.24) is 24.8 Å². The smallest absolute Gasteiger partial charge is 0.259 e. The highest BCUT2D eigenvalue weighted by Gasteiger charge is 2.39. The average molecular weight is 347 g/mol. The number of fused-ring (bicyclic) bond motifs is 1. The van der Waals surface area contributed by atoms with Crippen molar-refractivity contribution >= 4 is 17.5 Å². The summed E-state index contributed by atoms with van der Waals surface area (Å²) in [7, 11) is 3.09. The van der Waals surface area contributed by atoms with Crippen molar-refractivity contribution in [2.24, 2.45) is 0 Å². The SMILES string of the molecule is CNC(=O)CC1(OC)COCCN(C(=O)c2cnn3cccnc23)C1. The van der Waals surface area contributed by atoms with Gasteiger partial charge in [-0.1, -0.05) is 0 Å². The maximum Gasteiger partial charge on any atom is 0.259 e. The van der Waals surface area contributed by atoms with E-state index < -0.39 is 5.60 Å². The molecule has 1 unspecified atom stereocenters. The van der Waals surface area contributed by atoms with Crippen molar-refractivity contribution in [3.05, 3.63) is 30.2 Å². The Labute approximate surface area is 144 Å². The van der Waals surface area contributed by atoms with Gasteiger partial charge in [-0.2, -0.15) is 5.10 Å². The minimum Gasteiger partial charge on any atom is -0.377 e. The van der Waals surface area contributed by atoms with Crippen molar-refractivity contribution < 1.29 is 19.1 Å². The summed E-state index contributed by atoms with van der Waals surface area (Å²) in [5.41, 5.74) is 0.0160. The van der Waals surface area contributed by atoms with Gasteiger partial charge in [0.1, 0.15) is 11.2 Å². The van der Waals surface area contributed by atoms with Crippen LogP contribution in [0.5, 0.6) is 0 Å². The summed E-state index contributed by atoms with van der Waals surface area (Å²) in [6.07, 6.45) is 4.96. The van der Waals surface area contributed by atoms with E-state index in [1.807, 2.05) is 0 Å². The lowest BCUT2D eigenvalue weighted by Gasteiger charge is -2.33. The van der Waals surface area contributed by atoms with E-state index in [4.69, 9.17) is 9.47 Å². The van der Waals surface area contributed by atoms with Crippen LogP contribution in [0, 0.1) is 0 Å². The zero-order valence-corrected chi connectivity index (χ0v) is 14.3.